The van der Waals surface area contributed by atoms with Crippen LogP contribution in [-0.4, -0.2) is 10.2 Å². The summed E-state index contributed by atoms with van der Waals surface area (Å²) >= 11 is 7.59. The van der Waals surface area contributed by atoms with Crippen molar-refractivity contribution < 1.29 is 0 Å². The van der Waals surface area contributed by atoms with Crippen LogP contribution in [0.1, 0.15) is 48.0 Å². The van der Waals surface area contributed by atoms with Crippen molar-refractivity contribution in [3.63, 3.8) is 0 Å². The first-order valence-corrected chi connectivity index (χ1v) is 5.91. The molecule has 1 saturated carbocycles. The topological polar surface area (TPSA) is 25.8 Å². The monoisotopic (exact) mass is 216 g/mol. The Labute approximate surface area is 87.3 Å². The third kappa shape index (κ3) is 2.02. The molecule has 1 aromatic rings. The van der Waals surface area contributed by atoms with Crippen LogP contribution in [0.2, 0.25) is 0 Å². The lowest BCUT2D eigenvalue weighted by Gasteiger charge is -2.02. The van der Waals surface area contributed by atoms with E-state index >= 15 is 0 Å². The maximum atomic E-state index is 5.92. The minimum absolute atomic E-state index is 0.00217. The Balaban J connectivity index is 2.11. The summed E-state index contributed by atoms with van der Waals surface area (Å²) < 4.78 is 0. The van der Waals surface area contributed by atoms with Gasteiger partial charge in [-0.15, -0.1) is 21.8 Å². The molecule has 1 aliphatic carbocycles. The highest BCUT2D eigenvalue weighted by Crippen LogP contribution is 2.43. The van der Waals surface area contributed by atoms with Gasteiger partial charge in [-0.25, -0.2) is 0 Å². The van der Waals surface area contributed by atoms with E-state index in [2.05, 4.69) is 17.1 Å². The average Bonchev–Trinajstić information content (AvgIpc) is 2.81. The van der Waals surface area contributed by atoms with Crippen LogP contribution >= 0.6 is 22.9 Å². The third-order valence-corrected chi connectivity index (χ3v) is 4.16. The Morgan fingerprint density at radius 2 is 1.92 bits per heavy atom. The van der Waals surface area contributed by atoms with Gasteiger partial charge in [-0.1, -0.05) is 18.3 Å². The Kier molecular flexibility index (Phi) is 2.56. The molecule has 4 heteroatoms. The van der Waals surface area contributed by atoms with E-state index in [9.17, 15) is 0 Å². The first kappa shape index (κ1) is 9.41. The van der Waals surface area contributed by atoms with Crippen LogP contribution < -0.4 is 0 Å². The standard InChI is InChI=1S/C9H13ClN2S/c1-5(7-3-4-7)8-11-12-9(13-8)6(2)10/h5-7H,3-4H2,1-2H3. The molecule has 1 aliphatic rings. The molecule has 0 radical (unpaired) electrons. The van der Waals surface area contributed by atoms with Crippen LogP contribution in [0, 0.1) is 5.92 Å². The van der Waals surface area contributed by atoms with E-state index in [0.717, 1.165) is 15.9 Å². The minimum atomic E-state index is -0.00217. The van der Waals surface area contributed by atoms with Crippen molar-refractivity contribution in [1.29, 1.82) is 0 Å². The number of hydrogen-bond acceptors (Lipinski definition) is 3. The summed E-state index contributed by atoms with van der Waals surface area (Å²) in [5.74, 6) is 1.44. The molecule has 1 fully saturated rings. The van der Waals surface area contributed by atoms with Gasteiger partial charge >= 0.3 is 0 Å². The van der Waals surface area contributed by atoms with E-state index in [1.54, 1.807) is 11.3 Å². The van der Waals surface area contributed by atoms with Gasteiger partial charge in [-0.3, -0.25) is 0 Å². The fourth-order valence-corrected chi connectivity index (χ4v) is 2.48. The molecule has 72 valence electrons. The van der Waals surface area contributed by atoms with Crippen molar-refractivity contribution in [2.75, 3.05) is 0 Å². The van der Waals surface area contributed by atoms with Crippen LogP contribution in [0.4, 0.5) is 0 Å². The van der Waals surface area contributed by atoms with Crippen LogP contribution in [0.25, 0.3) is 0 Å². The van der Waals surface area contributed by atoms with Gasteiger partial charge in [-0.2, -0.15) is 0 Å². The molecular formula is C9H13ClN2S. The molecule has 0 amide bonds. The first-order valence-electron chi connectivity index (χ1n) is 4.66. The van der Waals surface area contributed by atoms with Crippen molar-refractivity contribution >= 4 is 22.9 Å². The summed E-state index contributed by atoms with van der Waals surface area (Å²) in [6, 6.07) is 0. The Morgan fingerprint density at radius 3 is 2.38 bits per heavy atom. The summed E-state index contributed by atoms with van der Waals surface area (Å²) in [4.78, 5) is 0. The quantitative estimate of drug-likeness (QED) is 0.725. The molecule has 2 nitrogen and oxygen atoms in total. The second-order valence-electron chi connectivity index (χ2n) is 3.72. The van der Waals surface area contributed by atoms with Gasteiger partial charge in [-0.05, 0) is 25.7 Å². The van der Waals surface area contributed by atoms with Crippen LogP contribution in [-0.2, 0) is 0 Å². The molecule has 2 rings (SSSR count). The van der Waals surface area contributed by atoms with E-state index in [1.807, 2.05) is 6.92 Å². The molecule has 0 N–H and O–H groups in total. The summed E-state index contributed by atoms with van der Waals surface area (Å²) in [5, 5.41) is 10.4. The number of hydrogen-bond donors (Lipinski definition) is 0. The van der Waals surface area contributed by atoms with Crippen molar-refractivity contribution in [2.24, 2.45) is 5.92 Å². The van der Waals surface area contributed by atoms with Crippen molar-refractivity contribution in [1.82, 2.24) is 10.2 Å². The van der Waals surface area contributed by atoms with Gasteiger partial charge in [0.2, 0.25) is 0 Å². The number of aromatic nitrogens is 2. The zero-order chi connectivity index (χ0) is 9.42. The Bertz CT molecular complexity index is 294. The van der Waals surface area contributed by atoms with Gasteiger partial charge in [0.15, 0.2) is 0 Å². The molecule has 0 aromatic carbocycles. The molecule has 0 spiro atoms. The fourth-order valence-electron chi connectivity index (χ4n) is 1.39. The largest absolute Gasteiger partial charge is 0.143 e. The number of rotatable bonds is 3. The lowest BCUT2D eigenvalue weighted by molar-refractivity contribution is 0.650. The van der Waals surface area contributed by atoms with E-state index in [0.29, 0.717) is 5.92 Å². The average molecular weight is 217 g/mol. The lowest BCUT2D eigenvalue weighted by atomic mass is 10.1. The third-order valence-electron chi connectivity index (χ3n) is 2.52. The van der Waals surface area contributed by atoms with E-state index in [1.165, 1.54) is 12.8 Å². The Morgan fingerprint density at radius 1 is 1.31 bits per heavy atom. The van der Waals surface area contributed by atoms with Crippen LogP contribution in [0.3, 0.4) is 0 Å². The second-order valence-corrected chi connectivity index (χ2v) is 5.42. The van der Waals surface area contributed by atoms with Crippen LogP contribution in [0.15, 0.2) is 0 Å². The summed E-state index contributed by atoms with van der Waals surface area (Å²) in [6.45, 7) is 4.18. The molecule has 2 unspecified atom stereocenters. The highest BCUT2D eigenvalue weighted by atomic mass is 35.5. The lowest BCUT2D eigenvalue weighted by Crippen LogP contribution is -1.93. The van der Waals surface area contributed by atoms with E-state index in [4.69, 9.17) is 11.6 Å². The van der Waals surface area contributed by atoms with Gasteiger partial charge in [0.25, 0.3) is 0 Å². The predicted octanol–water partition coefficient (Wildman–Crippen LogP) is 3.35. The van der Waals surface area contributed by atoms with E-state index in [-0.39, 0.29) is 5.38 Å². The number of halogens is 1. The van der Waals surface area contributed by atoms with Gasteiger partial charge in [0.05, 0.1) is 5.38 Å². The SMILES string of the molecule is CC(Cl)c1nnc(C(C)C2CC2)s1. The van der Waals surface area contributed by atoms with Gasteiger partial charge in [0.1, 0.15) is 10.0 Å². The van der Waals surface area contributed by atoms with Crippen molar-refractivity contribution in [3.8, 4) is 0 Å². The molecule has 1 heterocycles. The zero-order valence-electron chi connectivity index (χ0n) is 7.83. The highest BCUT2D eigenvalue weighted by Gasteiger charge is 2.31. The fraction of sp³-hybridized carbons (Fsp3) is 0.778. The molecule has 2 atom stereocenters. The van der Waals surface area contributed by atoms with Crippen molar-refractivity contribution in [3.05, 3.63) is 10.0 Å². The zero-order valence-corrected chi connectivity index (χ0v) is 9.40. The molecule has 0 saturated heterocycles. The first-order chi connectivity index (χ1) is 6.18. The highest BCUT2D eigenvalue weighted by molar-refractivity contribution is 7.11. The van der Waals surface area contributed by atoms with Crippen LogP contribution in [0.5, 0.6) is 0 Å². The Hall–Kier alpha value is -0.150. The molecule has 0 aliphatic heterocycles. The maximum absolute atomic E-state index is 5.92. The maximum Gasteiger partial charge on any atom is 0.135 e. The molecule has 13 heavy (non-hydrogen) atoms. The molecule has 1 aromatic heterocycles. The van der Waals surface area contributed by atoms with Gasteiger partial charge < -0.3 is 0 Å². The summed E-state index contributed by atoms with van der Waals surface area (Å²) in [6.07, 6.45) is 2.71. The minimum Gasteiger partial charge on any atom is -0.143 e. The second kappa shape index (κ2) is 3.54. The molecule has 0 bridgehead atoms. The number of alkyl halides is 1. The van der Waals surface area contributed by atoms with Gasteiger partial charge in [0, 0.05) is 5.92 Å². The summed E-state index contributed by atoms with van der Waals surface area (Å²) in [7, 11) is 0. The smallest absolute Gasteiger partial charge is 0.135 e. The predicted molar refractivity (Wildman–Crippen MR) is 55.3 cm³/mol. The van der Waals surface area contributed by atoms with E-state index < -0.39 is 0 Å². The molecular weight excluding hydrogens is 204 g/mol. The van der Waals surface area contributed by atoms with Crippen molar-refractivity contribution in [2.45, 2.75) is 38.0 Å². The summed E-state index contributed by atoms with van der Waals surface area (Å²) in [5.41, 5.74) is 0. The number of nitrogens with zero attached hydrogens (tertiary/aromatic N) is 2. The normalized spacial score (nSPS) is 21.5.